The summed E-state index contributed by atoms with van der Waals surface area (Å²) in [6.07, 6.45) is 3.51. The molecule has 0 spiro atoms. The van der Waals surface area contributed by atoms with Crippen LogP contribution in [-0.4, -0.2) is 21.9 Å². The molecule has 2 nitrogen and oxygen atoms in total. The van der Waals surface area contributed by atoms with Crippen molar-refractivity contribution in [3.63, 3.8) is 0 Å². The summed E-state index contributed by atoms with van der Waals surface area (Å²) in [5.41, 5.74) is -0.0435. The first-order chi connectivity index (χ1) is 9.41. The van der Waals surface area contributed by atoms with Crippen molar-refractivity contribution < 1.29 is 10.2 Å². The maximum absolute atomic E-state index is 11.5. The highest BCUT2D eigenvalue weighted by Gasteiger charge is 2.72. The number of hydrogen-bond donors (Lipinski definition) is 2. The molecule has 4 saturated carbocycles. The van der Waals surface area contributed by atoms with Crippen molar-refractivity contribution in [3.05, 3.63) is 35.9 Å². The molecule has 0 radical (unpaired) electrons. The molecule has 20 heavy (non-hydrogen) atoms. The summed E-state index contributed by atoms with van der Waals surface area (Å²) in [6, 6.07) is 10.4. The number of rotatable bonds is 1. The van der Waals surface area contributed by atoms with Crippen molar-refractivity contribution in [2.24, 2.45) is 17.3 Å². The lowest BCUT2D eigenvalue weighted by atomic mass is 9.36. The van der Waals surface area contributed by atoms with Crippen LogP contribution in [0.25, 0.3) is 0 Å². The fourth-order valence-electron chi connectivity index (χ4n) is 6.04. The fourth-order valence-corrected chi connectivity index (χ4v) is 6.04. The molecule has 4 fully saturated rings. The molecule has 4 aliphatic carbocycles. The molecule has 6 unspecified atom stereocenters. The zero-order chi connectivity index (χ0) is 14.2. The molecule has 1 aromatic carbocycles. The Kier molecular flexibility index (Phi) is 2.35. The maximum atomic E-state index is 11.5. The van der Waals surface area contributed by atoms with E-state index in [9.17, 15) is 10.2 Å². The lowest BCUT2D eigenvalue weighted by molar-refractivity contribution is -0.276. The number of hydrogen-bond acceptors (Lipinski definition) is 2. The predicted molar refractivity (Wildman–Crippen MR) is 78.3 cm³/mol. The van der Waals surface area contributed by atoms with E-state index in [2.05, 4.69) is 26.0 Å². The Morgan fingerprint density at radius 3 is 2.45 bits per heavy atom. The summed E-state index contributed by atoms with van der Waals surface area (Å²) < 4.78 is 0. The molecular formula is C18H24O2. The smallest absolute Gasteiger partial charge is 0.101 e. The quantitative estimate of drug-likeness (QED) is 0.825. The molecule has 6 atom stereocenters. The lowest BCUT2D eigenvalue weighted by Crippen LogP contribution is -2.75. The van der Waals surface area contributed by atoms with E-state index in [4.69, 9.17) is 0 Å². The van der Waals surface area contributed by atoms with Crippen LogP contribution in [0, 0.1) is 17.3 Å². The van der Waals surface area contributed by atoms with Crippen LogP contribution in [0.5, 0.6) is 0 Å². The molecule has 4 bridgehead atoms. The summed E-state index contributed by atoms with van der Waals surface area (Å²) in [4.78, 5) is 0. The first-order valence-electron chi connectivity index (χ1n) is 7.87. The van der Waals surface area contributed by atoms with E-state index in [0.717, 1.165) is 19.3 Å². The Balaban J connectivity index is 1.94. The number of aliphatic hydroxyl groups is 2. The van der Waals surface area contributed by atoms with Crippen molar-refractivity contribution in [1.82, 2.24) is 0 Å². The summed E-state index contributed by atoms with van der Waals surface area (Å²) >= 11 is 0. The van der Waals surface area contributed by atoms with Gasteiger partial charge in [-0.05, 0) is 48.5 Å². The molecule has 1 aromatic rings. The van der Waals surface area contributed by atoms with Gasteiger partial charge in [-0.25, -0.2) is 0 Å². The Bertz CT molecular complexity index is 542. The second kappa shape index (κ2) is 3.66. The Morgan fingerprint density at radius 1 is 1.05 bits per heavy atom. The van der Waals surface area contributed by atoms with Gasteiger partial charge in [-0.1, -0.05) is 44.2 Å². The highest BCUT2D eigenvalue weighted by atomic mass is 16.3. The summed E-state index contributed by atoms with van der Waals surface area (Å²) in [5.74, 6) is 0.873. The average molecular weight is 272 g/mol. The third-order valence-electron chi connectivity index (χ3n) is 7.05. The third-order valence-corrected chi connectivity index (χ3v) is 7.05. The Labute approximate surface area is 120 Å². The van der Waals surface area contributed by atoms with E-state index in [0.29, 0.717) is 5.92 Å². The third kappa shape index (κ3) is 1.23. The van der Waals surface area contributed by atoms with E-state index in [1.165, 1.54) is 12.0 Å². The van der Waals surface area contributed by atoms with E-state index in [-0.39, 0.29) is 16.7 Å². The van der Waals surface area contributed by atoms with Gasteiger partial charge in [0.05, 0.1) is 6.10 Å². The molecule has 2 heteroatoms. The summed E-state index contributed by atoms with van der Waals surface area (Å²) in [7, 11) is 0. The minimum absolute atomic E-state index is 0.0914. The van der Waals surface area contributed by atoms with E-state index >= 15 is 0 Å². The van der Waals surface area contributed by atoms with Gasteiger partial charge in [-0.15, -0.1) is 0 Å². The molecule has 108 valence electrons. The molecule has 0 aromatic heterocycles. The highest BCUT2D eigenvalue weighted by Crippen LogP contribution is 2.70. The van der Waals surface area contributed by atoms with Crippen LogP contribution in [-0.2, 0) is 5.41 Å². The first kappa shape index (κ1) is 12.8. The van der Waals surface area contributed by atoms with Gasteiger partial charge in [0.25, 0.3) is 0 Å². The lowest BCUT2D eigenvalue weighted by Gasteiger charge is -2.71. The van der Waals surface area contributed by atoms with Crippen LogP contribution < -0.4 is 0 Å². The second-order valence-corrected chi connectivity index (χ2v) is 7.89. The largest absolute Gasteiger partial charge is 0.390 e. The van der Waals surface area contributed by atoms with Crippen molar-refractivity contribution in [1.29, 1.82) is 0 Å². The van der Waals surface area contributed by atoms with Gasteiger partial charge < -0.3 is 10.2 Å². The molecule has 0 heterocycles. The van der Waals surface area contributed by atoms with Crippen LogP contribution in [0.15, 0.2) is 30.3 Å². The maximum Gasteiger partial charge on any atom is 0.101 e. The fraction of sp³-hybridized carbons (Fsp3) is 0.667. The van der Waals surface area contributed by atoms with Gasteiger partial charge >= 0.3 is 0 Å². The van der Waals surface area contributed by atoms with Crippen LogP contribution in [0.1, 0.15) is 45.1 Å². The van der Waals surface area contributed by atoms with Gasteiger partial charge in [0.2, 0.25) is 0 Å². The molecule has 0 aliphatic heterocycles. The van der Waals surface area contributed by atoms with Gasteiger partial charge in [0.15, 0.2) is 0 Å². The monoisotopic (exact) mass is 272 g/mol. The Hall–Kier alpha value is -0.860. The van der Waals surface area contributed by atoms with Gasteiger partial charge in [0, 0.05) is 5.41 Å². The number of benzene rings is 1. The van der Waals surface area contributed by atoms with Crippen LogP contribution in [0.4, 0.5) is 0 Å². The number of aliphatic hydroxyl groups excluding tert-OH is 1. The predicted octanol–water partition coefficient (Wildman–Crippen LogP) is 2.88. The SMILES string of the molecule is CC12CC3CC(C1)C(O)C(O)(C3)C2(C)c1ccccc1. The summed E-state index contributed by atoms with van der Waals surface area (Å²) in [5, 5.41) is 22.2. The molecule has 0 saturated heterocycles. The molecular weight excluding hydrogens is 248 g/mol. The molecule has 0 amide bonds. The van der Waals surface area contributed by atoms with E-state index < -0.39 is 11.7 Å². The summed E-state index contributed by atoms with van der Waals surface area (Å²) in [6.45, 7) is 4.51. The molecule has 4 aliphatic rings. The van der Waals surface area contributed by atoms with Crippen molar-refractivity contribution in [3.8, 4) is 0 Å². The standard InChI is InChI=1S/C18H24O2/c1-16-9-12-8-13(11-16)15(19)18(20,10-12)17(16,2)14-6-4-3-5-7-14/h3-7,12-13,15,19-20H,8-11H2,1-2H3. The molecule has 5 rings (SSSR count). The Morgan fingerprint density at radius 2 is 1.75 bits per heavy atom. The first-order valence-corrected chi connectivity index (χ1v) is 7.87. The topological polar surface area (TPSA) is 40.5 Å². The van der Waals surface area contributed by atoms with Crippen molar-refractivity contribution >= 4 is 0 Å². The second-order valence-electron chi connectivity index (χ2n) is 7.89. The average Bonchev–Trinajstić information content (AvgIpc) is 2.43. The molecule has 2 N–H and O–H groups in total. The van der Waals surface area contributed by atoms with E-state index in [1.54, 1.807) is 0 Å². The normalized spacial score (nSPS) is 53.3. The minimum atomic E-state index is -0.965. The van der Waals surface area contributed by atoms with Crippen LogP contribution >= 0.6 is 0 Å². The van der Waals surface area contributed by atoms with Gasteiger partial charge in [-0.3, -0.25) is 0 Å². The van der Waals surface area contributed by atoms with E-state index in [1.807, 2.05) is 18.2 Å². The van der Waals surface area contributed by atoms with Crippen molar-refractivity contribution in [2.75, 3.05) is 0 Å². The van der Waals surface area contributed by atoms with Gasteiger partial charge in [0.1, 0.15) is 5.60 Å². The highest BCUT2D eigenvalue weighted by molar-refractivity contribution is 5.38. The van der Waals surface area contributed by atoms with Crippen LogP contribution in [0.2, 0.25) is 0 Å². The van der Waals surface area contributed by atoms with Crippen molar-refractivity contribution in [2.45, 2.75) is 56.7 Å². The minimum Gasteiger partial charge on any atom is -0.390 e. The zero-order valence-electron chi connectivity index (χ0n) is 12.3. The van der Waals surface area contributed by atoms with Crippen LogP contribution in [0.3, 0.4) is 0 Å². The zero-order valence-corrected chi connectivity index (χ0v) is 12.3. The van der Waals surface area contributed by atoms with Gasteiger partial charge in [-0.2, -0.15) is 0 Å².